The van der Waals surface area contributed by atoms with E-state index in [2.05, 4.69) is 241 Å². The highest BCUT2D eigenvalue weighted by molar-refractivity contribution is 6.09. The van der Waals surface area contributed by atoms with Crippen LogP contribution >= 0.6 is 0 Å². The summed E-state index contributed by atoms with van der Waals surface area (Å²) in [4.78, 5) is 2.41. The van der Waals surface area contributed by atoms with E-state index in [1.807, 2.05) is 12.1 Å². The van der Waals surface area contributed by atoms with Crippen LogP contribution in [0.4, 0.5) is 17.1 Å². The van der Waals surface area contributed by atoms with E-state index in [9.17, 15) is 0 Å². The van der Waals surface area contributed by atoms with Gasteiger partial charge in [-0.15, -0.1) is 0 Å². The lowest BCUT2D eigenvalue weighted by atomic mass is 9.90. The van der Waals surface area contributed by atoms with Crippen molar-refractivity contribution in [2.75, 3.05) is 4.90 Å². The molecular weight excluding hydrogens is 775 g/mol. The maximum Gasteiger partial charge on any atom is 0.135 e. The fourth-order valence-corrected chi connectivity index (χ4v) is 9.58. The minimum atomic E-state index is 0.900. The largest absolute Gasteiger partial charge is 0.456 e. The van der Waals surface area contributed by atoms with Crippen LogP contribution in [-0.4, -0.2) is 0 Å². The van der Waals surface area contributed by atoms with Crippen molar-refractivity contribution in [3.05, 3.63) is 249 Å². The highest BCUT2D eigenvalue weighted by atomic mass is 16.3. The van der Waals surface area contributed by atoms with Crippen molar-refractivity contribution in [2.24, 2.45) is 0 Å². The minimum Gasteiger partial charge on any atom is -0.456 e. The lowest BCUT2D eigenvalue weighted by Crippen LogP contribution is -2.11. The van der Waals surface area contributed by atoms with Crippen molar-refractivity contribution in [2.45, 2.75) is 0 Å². The van der Waals surface area contributed by atoms with Crippen LogP contribution in [0.25, 0.3) is 99.1 Å². The molecule has 300 valence electrons. The van der Waals surface area contributed by atoms with Gasteiger partial charge in [0.2, 0.25) is 0 Å². The second-order valence-corrected chi connectivity index (χ2v) is 16.4. The average Bonchev–Trinajstić information content (AvgIpc) is 3.75. The van der Waals surface area contributed by atoms with Crippen LogP contribution in [0.2, 0.25) is 0 Å². The van der Waals surface area contributed by atoms with Gasteiger partial charge < -0.3 is 9.32 Å². The number of benzene rings is 11. The van der Waals surface area contributed by atoms with E-state index in [-0.39, 0.29) is 0 Å². The van der Waals surface area contributed by atoms with Gasteiger partial charge in [0, 0.05) is 27.7 Å². The first-order valence-corrected chi connectivity index (χ1v) is 21.9. The number of fused-ring (bicyclic) bond motifs is 5. The summed E-state index contributed by atoms with van der Waals surface area (Å²) in [5.41, 5.74) is 16.9. The van der Waals surface area contributed by atoms with Gasteiger partial charge in [0.25, 0.3) is 0 Å². The minimum absolute atomic E-state index is 0.900. The van der Waals surface area contributed by atoms with E-state index < -0.39 is 0 Å². The van der Waals surface area contributed by atoms with Crippen molar-refractivity contribution in [3.8, 4) is 55.6 Å². The van der Waals surface area contributed by atoms with Gasteiger partial charge >= 0.3 is 0 Å². The Morgan fingerprint density at radius 2 is 0.750 bits per heavy atom. The van der Waals surface area contributed by atoms with E-state index in [4.69, 9.17) is 4.42 Å². The maximum absolute atomic E-state index is 6.17. The molecule has 0 bridgehead atoms. The Morgan fingerprint density at radius 3 is 1.50 bits per heavy atom. The van der Waals surface area contributed by atoms with Crippen LogP contribution in [0.5, 0.6) is 0 Å². The van der Waals surface area contributed by atoms with Gasteiger partial charge in [-0.25, -0.2) is 0 Å². The van der Waals surface area contributed by atoms with Gasteiger partial charge in [-0.05, 0) is 120 Å². The molecule has 0 aliphatic carbocycles. The van der Waals surface area contributed by atoms with Crippen molar-refractivity contribution in [3.63, 3.8) is 0 Å². The van der Waals surface area contributed by atoms with Crippen molar-refractivity contribution in [1.29, 1.82) is 0 Å². The Hall–Kier alpha value is -8.46. The van der Waals surface area contributed by atoms with E-state index in [0.29, 0.717) is 0 Å². The second-order valence-electron chi connectivity index (χ2n) is 16.4. The molecule has 0 unspecified atom stereocenters. The molecule has 2 heteroatoms. The zero-order valence-corrected chi connectivity index (χ0v) is 35.0. The standard InChI is InChI=1S/C62H41NO/c1-2-13-46(14-3-1)54-23-11-17-48-18-12-24-57(62(48)54)55-20-6-8-25-59(55)63(51-38-33-44(34-39-51)49-35-40-61-58(41-49)56-21-7-9-26-60(56)64-61)50-36-31-43(32-37-50)42-27-29-47(30-28-42)53-22-10-16-45-15-4-5-19-52(45)53/h1-41H. The number of anilines is 3. The van der Waals surface area contributed by atoms with Gasteiger partial charge in [-0.1, -0.05) is 200 Å². The zero-order valence-electron chi connectivity index (χ0n) is 35.0. The Morgan fingerprint density at radius 1 is 0.266 bits per heavy atom. The van der Waals surface area contributed by atoms with Gasteiger partial charge in [0.05, 0.1) is 5.69 Å². The lowest BCUT2D eigenvalue weighted by Gasteiger charge is -2.29. The van der Waals surface area contributed by atoms with E-state index >= 15 is 0 Å². The summed E-state index contributed by atoms with van der Waals surface area (Å²) in [5.74, 6) is 0. The van der Waals surface area contributed by atoms with E-state index in [1.165, 1.54) is 60.5 Å². The number of nitrogens with zero attached hydrogens (tertiary/aromatic N) is 1. The fraction of sp³-hybridized carbons (Fsp3) is 0. The molecule has 11 aromatic carbocycles. The first-order valence-electron chi connectivity index (χ1n) is 21.9. The summed E-state index contributed by atoms with van der Waals surface area (Å²) in [6.07, 6.45) is 0. The molecule has 64 heavy (non-hydrogen) atoms. The number of para-hydroxylation sites is 2. The third-order valence-corrected chi connectivity index (χ3v) is 12.7. The third kappa shape index (κ3) is 6.61. The predicted octanol–water partition coefficient (Wildman–Crippen LogP) is 17.7. The van der Waals surface area contributed by atoms with Crippen LogP contribution in [-0.2, 0) is 0 Å². The van der Waals surface area contributed by atoms with Crippen LogP contribution in [0.1, 0.15) is 0 Å². The van der Waals surface area contributed by atoms with Crippen LogP contribution in [0.3, 0.4) is 0 Å². The molecule has 12 rings (SSSR count). The highest BCUT2D eigenvalue weighted by Crippen LogP contribution is 2.45. The normalized spacial score (nSPS) is 11.4. The van der Waals surface area contributed by atoms with E-state index in [0.717, 1.165) is 55.7 Å². The molecule has 12 aromatic rings. The Labute approximate surface area is 372 Å². The van der Waals surface area contributed by atoms with Gasteiger partial charge in [0.1, 0.15) is 11.2 Å². The van der Waals surface area contributed by atoms with Crippen LogP contribution < -0.4 is 4.90 Å². The topological polar surface area (TPSA) is 16.4 Å². The molecule has 0 aliphatic heterocycles. The van der Waals surface area contributed by atoms with Crippen molar-refractivity contribution < 1.29 is 4.42 Å². The quantitative estimate of drug-likeness (QED) is 0.152. The monoisotopic (exact) mass is 815 g/mol. The molecule has 1 aromatic heterocycles. The van der Waals surface area contributed by atoms with Crippen LogP contribution in [0, 0.1) is 0 Å². The number of hydrogen-bond acceptors (Lipinski definition) is 2. The summed E-state index contributed by atoms with van der Waals surface area (Å²) in [5, 5.41) is 7.23. The summed E-state index contributed by atoms with van der Waals surface area (Å²) in [7, 11) is 0. The smallest absolute Gasteiger partial charge is 0.135 e. The fourth-order valence-electron chi connectivity index (χ4n) is 9.58. The third-order valence-electron chi connectivity index (χ3n) is 12.7. The lowest BCUT2D eigenvalue weighted by molar-refractivity contribution is 0.669. The molecule has 0 saturated carbocycles. The highest BCUT2D eigenvalue weighted by Gasteiger charge is 2.20. The molecule has 0 N–H and O–H groups in total. The van der Waals surface area contributed by atoms with E-state index in [1.54, 1.807) is 0 Å². The van der Waals surface area contributed by atoms with Gasteiger partial charge in [-0.2, -0.15) is 0 Å². The summed E-state index contributed by atoms with van der Waals surface area (Å²) < 4.78 is 6.17. The number of furan rings is 1. The molecule has 0 amide bonds. The average molecular weight is 816 g/mol. The summed E-state index contributed by atoms with van der Waals surface area (Å²) in [6, 6.07) is 89.8. The Balaban J connectivity index is 0.968. The maximum atomic E-state index is 6.17. The Kier molecular flexibility index (Phi) is 9.20. The molecule has 0 saturated heterocycles. The molecule has 0 aliphatic rings. The first-order chi connectivity index (χ1) is 31.7. The SMILES string of the molecule is c1ccc(-c2cccc3cccc(-c4ccccc4N(c4ccc(-c5ccc(-c6cccc7ccccc67)cc5)cc4)c4ccc(-c5ccc6oc7ccccc7c6c5)cc4)c23)cc1. The molecular formula is C62H41NO. The predicted molar refractivity (Wildman–Crippen MR) is 271 cm³/mol. The molecule has 0 radical (unpaired) electrons. The number of rotatable bonds is 8. The Bertz CT molecular complexity index is 3630. The number of hydrogen-bond donors (Lipinski definition) is 0. The summed E-state index contributed by atoms with van der Waals surface area (Å²) in [6.45, 7) is 0. The summed E-state index contributed by atoms with van der Waals surface area (Å²) >= 11 is 0. The van der Waals surface area contributed by atoms with Gasteiger partial charge in [0.15, 0.2) is 0 Å². The molecule has 0 atom stereocenters. The molecule has 1 heterocycles. The molecule has 2 nitrogen and oxygen atoms in total. The first kappa shape index (κ1) is 37.3. The molecule has 0 spiro atoms. The van der Waals surface area contributed by atoms with Crippen molar-refractivity contribution >= 4 is 60.5 Å². The molecule has 0 fully saturated rings. The van der Waals surface area contributed by atoms with Crippen molar-refractivity contribution in [1.82, 2.24) is 0 Å². The van der Waals surface area contributed by atoms with Gasteiger partial charge in [-0.3, -0.25) is 0 Å². The second kappa shape index (κ2) is 15.8. The zero-order chi connectivity index (χ0) is 42.4. The van der Waals surface area contributed by atoms with Crippen LogP contribution in [0.15, 0.2) is 253 Å².